The van der Waals surface area contributed by atoms with Crippen molar-refractivity contribution in [1.29, 1.82) is 0 Å². The molecular weight excluding hydrogens is 338 g/mol. The van der Waals surface area contributed by atoms with Crippen LogP contribution in [0.15, 0.2) is 6.07 Å². The number of rotatable bonds is 2. The molecule has 0 saturated heterocycles. The molecule has 1 aliphatic carbocycles. The lowest BCUT2D eigenvalue weighted by Gasteiger charge is -2.23. The van der Waals surface area contributed by atoms with Gasteiger partial charge in [0.2, 0.25) is 0 Å². The van der Waals surface area contributed by atoms with Crippen molar-refractivity contribution in [3.63, 3.8) is 0 Å². The molecule has 0 spiro atoms. The summed E-state index contributed by atoms with van der Waals surface area (Å²) in [5, 5.41) is 11.4. The molecule has 0 atom stereocenters. The molecule has 3 rings (SSSR count). The van der Waals surface area contributed by atoms with Gasteiger partial charge in [0.05, 0.1) is 5.69 Å². The highest BCUT2D eigenvalue weighted by molar-refractivity contribution is 9.08. The second-order valence-electron chi connectivity index (χ2n) is 7.12. The Balaban J connectivity index is 2.34. The first kappa shape index (κ1) is 17.9. The Hall–Kier alpha value is -0.410. The van der Waals surface area contributed by atoms with Crippen molar-refractivity contribution < 1.29 is 5.11 Å². The van der Waals surface area contributed by atoms with E-state index in [0.717, 1.165) is 23.9 Å². The summed E-state index contributed by atoms with van der Waals surface area (Å²) < 4.78 is 0. The molecule has 3 heteroatoms. The van der Waals surface area contributed by atoms with Crippen LogP contribution in [0.2, 0.25) is 0 Å². The Labute approximate surface area is 143 Å². The smallest absolute Gasteiger partial charge is 0.101 e. The van der Waals surface area contributed by atoms with E-state index >= 15 is 0 Å². The first-order valence-corrected chi connectivity index (χ1v) is 9.95. The average Bonchev–Trinajstić information content (AvgIpc) is 2.48. The van der Waals surface area contributed by atoms with Gasteiger partial charge in [-0.25, -0.2) is 0 Å². The first-order valence-electron chi connectivity index (χ1n) is 8.83. The summed E-state index contributed by atoms with van der Waals surface area (Å²) in [4.78, 5) is 4.90. The van der Waals surface area contributed by atoms with Crippen molar-refractivity contribution in [1.82, 2.24) is 4.98 Å². The van der Waals surface area contributed by atoms with E-state index in [1.165, 1.54) is 68.2 Å². The van der Waals surface area contributed by atoms with Crippen molar-refractivity contribution in [2.75, 3.05) is 0 Å². The molecule has 0 fully saturated rings. The second kappa shape index (κ2) is 8.44. The molecule has 2 bridgehead atoms. The summed E-state index contributed by atoms with van der Waals surface area (Å²) in [6.45, 7) is 3.72. The summed E-state index contributed by atoms with van der Waals surface area (Å²) in [5.74, 6) is 0. The topological polar surface area (TPSA) is 33.1 Å². The molecule has 1 N–H and O–H groups in total. The number of nitrogens with zero attached hydrogens (tertiary/aromatic N) is 1. The third kappa shape index (κ3) is 5.06. The molecule has 1 aromatic rings. The summed E-state index contributed by atoms with van der Waals surface area (Å²) in [7, 11) is 0. The van der Waals surface area contributed by atoms with Gasteiger partial charge in [0.15, 0.2) is 0 Å². The lowest BCUT2D eigenvalue weighted by atomic mass is 9.92. The average molecular weight is 368 g/mol. The third-order valence-corrected chi connectivity index (χ3v) is 5.21. The first-order chi connectivity index (χ1) is 10.5. The minimum absolute atomic E-state index is 0.855. The molecule has 0 saturated carbocycles. The number of aryl methyl sites for hydroxylation is 2. The van der Waals surface area contributed by atoms with Gasteiger partial charge >= 0.3 is 0 Å². The van der Waals surface area contributed by atoms with Gasteiger partial charge in [0.25, 0.3) is 0 Å². The van der Waals surface area contributed by atoms with E-state index < -0.39 is 5.60 Å². The van der Waals surface area contributed by atoms with Crippen LogP contribution in [-0.4, -0.2) is 10.1 Å². The second-order valence-corrected chi connectivity index (χ2v) is 7.68. The van der Waals surface area contributed by atoms with Gasteiger partial charge in [0.1, 0.15) is 5.60 Å². The molecule has 1 aliphatic heterocycles. The van der Waals surface area contributed by atoms with Crippen LogP contribution < -0.4 is 0 Å². The summed E-state index contributed by atoms with van der Waals surface area (Å²) in [6.07, 6.45) is 12.5. The summed E-state index contributed by atoms with van der Waals surface area (Å²) in [5.41, 5.74) is 3.76. The molecule has 2 aliphatic rings. The Morgan fingerprint density at radius 3 is 2.09 bits per heavy atom. The van der Waals surface area contributed by atoms with E-state index in [1.54, 1.807) is 0 Å². The number of alkyl halides is 1. The van der Waals surface area contributed by atoms with Gasteiger partial charge in [-0.2, -0.15) is 0 Å². The third-order valence-electron chi connectivity index (χ3n) is 4.60. The van der Waals surface area contributed by atoms with Crippen molar-refractivity contribution in [2.45, 2.75) is 89.0 Å². The standard InChI is InChI=1S/C19H30BrNO/c1-19(2,22)18-15-11-9-7-5-3-4-6-8-10-12-17(21-18)16(13-15)14-20/h13,22H,3-12,14H2,1-2H3. The lowest BCUT2D eigenvalue weighted by Crippen LogP contribution is -2.22. The van der Waals surface area contributed by atoms with Gasteiger partial charge in [-0.3, -0.25) is 4.98 Å². The normalized spacial score (nSPS) is 18.2. The van der Waals surface area contributed by atoms with Crippen molar-refractivity contribution >= 4 is 15.9 Å². The van der Waals surface area contributed by atoms with Crippen molar-refractivity contribution in [3.8, 4) is 0 Å². The predicted octanol–water partition coefficient (Wildman–Crippen LogP) is 5.42. The Bertz CT molecular complexity index is 479. The fraction of sp³-hybridized carbons (Fsp3) is 0.737. The van der Waals surface area contributed by atoms with Crippen LogP contribution in [0, 0.1) is 0 Å². The van der Waals surface area contributed by atoms with Crippen LogP contribution in [0.5, 0.6) is 0 Å². The van der Waals surface area contributed by atoms with Gasteiger partial charge in [-0.1, -0.05) is 60.5 Å². The van der Waals surface area contributed by atoms with Crippen molar-refractivity contribution in [2.24, 2.45) is 0 Å². The highest BCUT2D eigenvalue weighted by Gasteiger charge is 2.23. The number of fused-ring (bicyclic) bond motifs is 11. The number of hydrogen-bond donors (Lipinski definition) is 1. The maximum absolute atomic E-state index is 10.5. The quantitative estimate of drug-likeness (QED) is 0.707. The monoisotopic (exact) mass is 367 g/mol. The van der Waals surface area contributed by atoms with Gasteiger partial charge in [0, 0.05) is 11.0 Å². The van der Waals surface area contributed by atoms with E-state index in [0.29, 0.717) is 0 Å². The Morgan fingerprint density at radius 1 is 1.00 bits per heavy atom. The van der Waals surface area contributed by atoms with Gasteiger partial charge in [-0.15, -0.1) is 0 Å². The Morgan fingerprint density at radius 2 is 1.55 bits per heavy atom. The maximum Gasteiger partial charge on any atom is 0.101 e. The van der Waals surface area contributed by atoms with E-state index in [2.05, 4.69) is 22.0 Å². The van der Waals surface area contributed by atoms with Gasteiger partial charge in [-0.05, 0) is 50.7 Å². The molecule has 0 radical (unpaired) electrons. The van der Waals surface area contributed by atoms with Crippen LogP contribution in [-0.2, 0) is 23.8 Å². The van der Waals surface area contributed by atoms with Crippen LogP contribution in [0.1, 0.15) is 87.7 Å². The highest BCUT2D eigenvalue weighted by atomic mass is 79.9. The van der Waals surface area contributed by atoms with E-state index in [1.807, 2.05) is 13.8 Å². The molecule has 2 nitrogen and oxygen atoms in total. The van der Waals surface area contributed by atoms with Crippen LogP contribution in [0.4, 0.5) is 0 Å². The van der Waals surface area contributed by atoms with Gasteiger partial charge < -0.3 is 5.11 Å². The SMILES string of the molecule is CC(C)(O)c1nc2c(CBr)cc1CCCCCCCCCC2. The molecule has 124 valence electrons. The minimum atomic E-state index is -0.855. The predicted molar refractivity (Wildman–Crippen MR) is 96.5 cm³/mol. The summed E-state index contributed by atoms with van der Waals surface area (Å²) in [6, 6.07) is 2.29. The maximum atomic E-state index is 10.5. The number of halogens is 1. The molecule has 0 amide bonds. The fourth-order valence-corrected chi connectivity index (χ4v) is 3.85. The fourth-order valence-electron chi connectivity index (χ4n) is 3.36. The van der Waals surface area contributed by atoms with E-state index in [-0.39, 0.29) is 0 Å². The number of pyridine rings is 1. The lowest BCUT2D eigenvalue weighted by molar-refractivity contribution is 0.0725. The zero-order valence-electron chi connectivity index (χ0n) is 14.1. The Kier molecular flexibility index (Phi) is 6.88. The number of aromatic nitrogens is 1. The summed E-state index contributed by atoms with van der Waals surface area (Å²) >= 11 is 3.62. The minimum Gasteiger partial charge on any atom is -0.384 e. The highest BCUT2D eigenvalue weighted by Crippen LogP contribution is 2.28. The number of aliphatic hydroxyl groups is 1. The van der Waals surface area contributed by atoms with E-state index in [4.69, 9.17) is 4.98 Å². The molecule has 22 heavy (non-hydrogen) atoms. The van der Waals surface area contributed by atoms with Crippen LogP contribution in [0.25, 0.3) is 0 Å². The molecule has 2 heterocycles. The molecule has 0 unspecified atom stereocenters. The zero-order valence-corrected chi connectivity index (χ0v) is 15.7. The number of hydrogen-bond acceptors (Lipinski definition) is 2. The van der Waals surface area contributed by atoms with Crippen molar-refractivity contribution in [3.05, 3.63) is 28.6 Å². The zero-order chi connectivity index (χ0) is 16.0. The molecular formula is C19H30BrNO. The van der Waals surface area contributed by atoms with Crippen LogP contribution >= 0.6 is 15.9 Å². The molecule has 0 aromatic carbocycles. The molecule has 1 aromatic heterocycles. The van der Waals surface area contributed by atoms with E-state index in [9.17, 15) is 5.11 Å². The van der Waals surface area contributed by atoms with Crippen LogP contribution in [0.3, 0.4) is 0 Å². The largest absolute Gasteiger partial charge is 0.384 e.